The van der Waals surface area contributed by atoms with Gasteiger partial charge in [0.1, 0.15) is 5.75 Å². The van der Waals surface area contributed by atoms with E-state index in [1.165, 1.54) is 4.90 Å². The standard InChI is InChI=1S/C17H25N3O4/c1-12-9-14(18-17(22)19(3)4)10-13(2)16(12)24-11-15(21)20-5-7-23-8-6-20/h9-10H,5-8,11H2,1-4H3,(H,18,22). The molecule has 132 valence electrons. The summed E-state index contributed by atoms with van der Waals surface area (Å²) in [5, 5.41) is 2.81. The average Bonchev–Trinajstić information content (AvgIpc) is 2.54. The Kier molecular flexibility index (Phi) is 6.03. The number of morpholine rings is 1. The Balaban J connectivity index is 2.00. The van der Waals surface area contributed by atoms with E-state index in [0.717, 1.165) is 11.1 Å². The molecule has 1 aromatic rings. The van der Waals surface area contributed by atoms with Crippen LogP contribution in [-0.4, -0.2) is 68.7 Å². The van der Waals surface area contributed by atoms with Gasteiger partial charge in [0.2, 0.25) is 0 Å². The van der Waals surface area contributed by atoms with Crippen LogP contribution in [0.15, 0.2) is 12.1 Å². The van der Waals surface area contributed by atoms with Crippen LogP contribution in [0.4, 0.5) is 10.5 Å². The monoisotopic (exact) mass is 335 g/mol. The Labute approximate surface area is 142 Å². The van der Waals surface area contributed by atoms with E-state index in [4.69, 9.17) is 9.47 Å². The van der Waals surface area contributed by atoms with Gasteiger partial charge < -0.3 is 24.6 Å². The first-order valence-corrected chi connectivity index (χ1v) is 7.96. The van der Waals surface area contributed by atoms with Gasteiger partial charge in [-0.2, -0.15) is 0 Å². The Hall–Kier alpha value is -2.28. The number of carbonyl (C=O) groups is 2. The molecular weight excluding hydrogens is 310 g/mol. The van der Waals surface area contributed by atoms with Crippen LogP contribution in [0, 0.1) is 13.8 Å². The summed E-state index contributed by atoms with van der Waals surface area (Å²) in [5.74, 6) is 0.640. The number of nitrogens with zero attached hydrogens (tertiary/aromatic N) is 2. The van der Waals surface area contributed by atoms with Crippen LogP contribution in [0.5, 0.6) is 5.75 Å². The number of benzene rings is 1. The topological polar surface area (TPSA) is 71.1 Å². The highest BCUT2D eigenvalue weighted by Gasteiger charge is 2.18. The number of carbonyl (C=O) groups excluding carboxylic acids is 2. The van der Waals surface area contributed by atoms with Crippen LogP contribution in [0.2, 0.25) is 0 Å². The van der Waals surface area contributed by atoms with Crippen molar-refractivity contribution in [3.8, 4) is 5.75 Å². The van der Waals surface area contributed by atoms with Gasteiger partial charge >= 0.3 is 6.03 Å². The summed E-state index contributed by atoms with van der Waals surface area (Å²) in [5.41, 5.74) is 2.45. The van der Waals surface area contributed by atoms with Gasteiger partial charge in [0.25, 0.3) is 5.91 Å². The van der Waals surface area contributed by atoms with E-state index < -0.39 is 0 Å². The predicted molar refractivity (Wildman–Crippen MR) is 91.5 cm³/mol. The van der Waals surface area contributed by atoms with Crippen LogP contribution in [0.1, 0.15) is 11.1 Å². The Morgan fingerprint density at radius 1 is 1.21 bits per heavy atom. The van der Waals surface area contributed by atoms with Crippen molar-refractivity contribution in [2.45, 2.75) is 13.8 Å². The summed E-state index contributed by atoms with van der Waals surface area (Å²) in [6, 6.07) is 3.48. The molecule has 7 nitrogen and oxygen atoms in total. The number of hydrogen-bond acceptors (Lipinski definition) is 4. The Morgan fingerprint density at radius 3 is 2.33 bits per heavy atom. The molecule has 2 rings (SSSR count). The highest BCUT2D eigenvalue weighted by molar-refractivity contribution is 5.89. The molecule has 1 aliphatic heterocycles. The lowest BCUT2D eigenvalue weighted by molar-refractivity contribution is -0.137. The fourth-order valence-corrected chi connectivity index (χ4v) is 2.52. The van der Waals surface area contributed by atoms with E-state index in [9.17, 15) is 9.59 Å². The van der Waals surface area contributed by atoms with E-state index in [-0.39, 0.29) is 18.5 Å². The maximum atomic E-state index is 12.2. The zero-order valence-corrected chi connectivity index (χ0v) is 14.7. The van der Waals surface area contributed by atoms with Gasteiger partial charge in [-0.1, -0.05) is 0 Å². The second-order valence-electron chi connectivity index (χ2n) is 6.05. The highest BCUT2D eigenvalue weighted by atomic mass is 16.5. The van der Waals surface area contributed by atoms with Crippen molar-refractivity contribution in [3.63, 3.8) is 0 Å². The molecule has 0 unspecified atom stereocenters. The van der Waals surface area contributed by atoms with E-state index in [2.05, 4.69) is 5.32 Å². The minimum absolute atomic E-state index is 0.00504. The number of hydrogen-bond donors (Lipinski definition) is 1. The van der Waals surface area contributed by atoms with Crippen LogP contribution < -0.4 is 10.1 Å². The number of anilines is 1. The molecule has 1 aromatic carbocycles. The minimum Gasteiger partial charge on any atom is -0.483 e. The molecule has 1 N–H and O–H groups in total. The lowest BCUT2D eigenvalue weighted by Crippen LogP contribution is -2.43. The fourth-order valence-electron chi connectivity index (χ4n) is 2.52. The summed E-state index contributed by atoms with van der Waals surface area (Å²) in [6.45, 7) is 6.16. The first-order chi connectivity index (χ1) is 11.4. The Bertz CT molecular complexity index is 587. The second kappa shape index (κ2) is 8.01. The third-order valence-corrected chi connectivity index (χ3v) is 3.82. The van der Waals surface area contributed by atoms with Gasteiger partial charge in [-0.15, -0.1) is 0 Å². The summed E-state index contributed by atoms with van der Waals surface area (Å²) in [7, 11) is 3.37. The van der Waals surface area contributed by atoms with E-state index >= 15 is 0 Å². The first-order valence-electron chi connectivity index (χ1n) is 7.96. The molecule has 1 saturated heterocycles. The zero-order chi connectivity index (χ0) is 17.7. The van der Waals surface area contributed by atoms with Gasteiger partial charge in [-0.3, -0.25) is 4.79 Å². The molecule has 1 fully saturated rings. The number of nitrogens with one attached hydrogen (secondary N) is 1. The van der Waals surface area contributed by atoms with Crippen LogP contribution >= 0.6 is 0 Å². The molecule has 0 spiro atoms. The smallest absolute Gasteiger partial charge is 0.321 e. The molecule has 0 radical (unpaired) electrons. The molecule has 0 bridgehead atoms. The molecule has 0 aliphatic carbocycles. The molecule has 1 aliphatic rings. The lowest BCUT2D eigenvalue weighted by atomic mass is 10.1. The maximum Gasteiger partial charge on any atom is 0.321 e. The minimum atomic E-state index is -0.190. The fraction of sp³-hybridized carbons (Fsp3) is 0.529. The predicted octanol–water partition coefficient (Wildman–Crippen LogP) is 1.63. The van der Waals surface area contributed by atoms with Crippen molar-refractivity contribution in [2.75, 3.05) is 52.3 Å². The lowest BCUT2D eigenvalue weighted by Gasteiger charge is -2.27. The quantitative estimate of drug-likeness (QED) is 0.908. The first kappa shape index (κ1) is 18.1. The van der Waals surface area contributed by atoms with Crippen LogP contribution in [-0.2, 0) is 9.53 Å². The van der Waals surface area contributed by atoms with Crippen molar-refractivity contribution in [1.82, 2.24) is 9.80 Å². The number of aryl methyl sites for hydroxylation is 2. The molecule has 7 heteroatoms. The number of ether oxygens (including phenoxy) is 2. The van der Waals surface area contributed by atoms with Crippen molar-refractivity contribution in [3.05, 3.63) is 23.3 Å². The normalized spacial score (nSPS) is 14.2. The van der Waals surface area contributed by atoms with Crippen molar-refractivity contribution >= 4 is 17.6 Å². The number of urea groups is 1. The zero-order valence-electron chi connectivity index (χ0n) is 14.7. The van der Waals surface area contributed by atoms with E-state index in [1.54, 1.807) is 19.0 Å². The van der Waals surface area contributed by atoms with E-state index in [0.29, 0.717) is 37.7 Å². The summed E-state index contributed by atoms with van der Waals surface area (Å²) in [4.78, 5) is 27.1. The van der Waals surface area contributed by atoms with Gasteiger partial charge in [-0.05, 0) is 37.1 Å². The summed E-state index contributed by atoms with van der Waals surface area (Å²) >= 11 is 0. The Morgan fingerprint density at radius 2 is 1.79 bits per heavy atom. The molecule has 0 aromatic heterocycles. The van der Waals surface area contributed by atoms with Crippen LogP contribution in [0.25, 0.3) is 0 Å². The van der Waals surface area contributed by atoms with Gasteiger partial charge in [0.15, 0.2) is 6.61 Å². The largest absolute Gasteiger partial charge is 0.483 e. The highest BCUT2D eigenvalue weighted by Crippen LogP contribution is 2.27. The third kappa shape index (κ3) is 4.61. The average molecular weight is 335 g/mol. The summed E-state index contributed by atoms with van der Waals surface area (Å²) < 4.78 is 11.0. The second-order valence-corrected chi connectivity index (χ2v) is 6.05. The SMILES string of the molecule is Cc1cc(NC(=O)N(C)C)cc(C)c1OCC(=O)N1CCOCC1. The van der Waals surface area contributed by atoms with Crippen molar-refractivity contribution in [2.24, 2.45) is 0 Å². The van der Waals surface area contributed by atoms with Crippen LogP contribution in [0.3, 0.4) is 0 Å². The summed E-state index contributed by atoms with van der Waals surface area (Å²) in [6.07, 6.45) is 0. The number of amides is 3. The molecule has 0 saturated carbocycles. The van der Waals surface area contributed by atoms with Gasteiger partial charge in [-0.25, -0.2) is 4.79 Å². The van der Waals surface area contributed by atoms with Crippen molar-refractivity contribution < 1.29 is 19.1 Å². The third-order valence-electron chi connectivity index (χ3n) is 3.82. The van der Waals surface area contributed by atoms with Gasteiger partial charge in [0.05, 0.1) is 13.2 Å². The molecule has 0 atom stereocenters. The molecular formula is C17H25N3O4. The van der Waals surface area contributed by atoms with Crippen molar-refractivity contribution in [1.29, 1.82) is 0 Å². The van der Waals surface area contributed by atoms with E-state index in [1.807, 2.05) is 26.0 Å². The molecule has 1 heterocycles. The number of rotatable bonds is 4. The molecule has 3 amide bonds. The maximum absolute atomic E-state index is 12.2. The molecule has 24 heavy (non-hydrogen) atoms. The van der Waals surface area contributed by atoms with Gasteiger partial charge in [0, 0.05) is 32.9 Å².